The van der Waals surface area contributed by atoms with Crippen molar-refractivity contribution in [2.75, 3.05) is 13.6 Å². The van der Waals surface area contributed by atoms with Gasteiger partial charge in [-0.15, -0.1) is 0 Å². The zero-order valence-electron chi connectivity index (χ0n) is 17.2. The summed E-state index contributed by atoms with van der Waals surface area (Å²) in [6, 6.07) is 12.2. The van der Waals surface area contributed by atoms with E-state index in [0.29, 0.717) is 26.1 Å². The van der Waals surface area contributed by atoms with Crippen LogP contribution >= 0.6 is 0 Å². The molecular weight excluding hydrogens is 352 g/mol. The van der Waals surface area contributed by atoms with Crippen LogP contribution in [0.2, 0.25) is 0 Å². The van der Waals surface area contributed by atoms with Crippen LogP contribution in [-0.4, -0.2) is 41.7 Å². The molecule has 2 aromatic rings. The highest BCUT2D eigenvalue weighted by Gasteiger charge is 2.30. The van der Waals surface area contributed by atoms with Crippen molar-refractivity contribution >= 4 is 5.91 Å². The smallest absolute Gasteiger partial charge is 0.239 e. The monoisotopic (exact) mass is 382 g/mol. The van der Waals surface area contributed by atoms with Crippen LogP contribution in [0.3, 0.4) is 0 Å². The Morgan fingerprint density at radius 3 is 2.50 bits per heavy atom. The maximum Gasteiger partial charge on any atom is 0.239 e. The minimum Gasteiger partial charge on any atom is -0.488 e. The van der Waals surface area contributed by atoms with Crippen LogP contribution < -0.4 is 10.1 Å². The standard InChI is InChI=1S/C23H30N2O3/c1-15-6-5-7-18(8-15)14-28-22-16(2)9-19(10-17(22)3)13-25(4)23(27)21-11-20(26)12-24-21/h5-10,20-21,24,26H,11-14H2,1-4H3. The van der Waals surface area contributed by atoms with E-state index in [0.717, 1.165) is 28.0 Å². The topological polar surface area (TPSA) is 61.8 Å². The Kier molecular flexibility index (Phi) is 6.37. The van der Waals surface area contributed by atoms with Crippen LogP contribution in [0.25, 0.3) is 0 Å². The Balaban J connectivity index is 1.65. The molecule has 1 aliphatic heterocycles. The summed E-state index contributed by atoms with van der Waals surface area (Å²) in [6.07, 6.45) is 0.0455. The van der Waals surface area contributed by atoms with Crippen molar-refractivity contribution in [1.82, 2.24) is 10.2 Å². The second-order valence-electron chi connectivity index (χ2n) is 7.88. The van der Waals surface area contributed by atoms with Crippen molar-refractivity contribution in [1.29, 1.82) is 0 Å². The molecule has 2 N–H and O–H groups in total. The lowest BCUT2D eigenvalue weighted by molar-refractivity contribution is -0.132. The molecule has 150 valence electrons. The largest absolute Gasteiger partial charge is 0.488 e. The number of β-amino-alcohol motifs (C(OH)–C–C–N with tert-alkyl or cyclic N) is 1. The SMILES string of the molecule is Cc1cccc(COc2c(C)cc(CN(C)C(=O)C3CC(O)CN3)cc2C)c1. The van der Waals surface area contributed by atoms with Gasteiger partial charge < -0.3 is 20.1 Å². The molecule has 1 saturated heterocycles. The molecule has 1 amide bonds. The minimum absolute atomic E-state index is 0.0200. The molecule has 0 aromatic heterocycles. The Hall–Kier alpha value is -2.37. The van der Waals surface area contributed by atoms with Gasteiger partial charge >= 0.3 is 0 Å². The van der Waals surface area contributed by atoms with Crippen molar-refractivity contribution in [3.05, 3.63) is 64.2 Å². The molecule has 2 unspecified atom stereocenters. The summed E-state index contributed by atoms with van der Waals surface area (Å²) in [6.45, 7) is 7.71. The van der Waals surface area contributed by atoms with Crippen molar-refractivity contribution in [3.63, 3.8) is 0 Å². The third kappa shape index (κ3) is 4.91. The molecule has 5 nitrogen and oxygen atoms in total. The number of aryl methyl sites for hydroxylation is 3. The van der Waals surface area contributed by atoms with Crippen molar-refractivity contribution in [3.8, 4) is 5.75 Å². The zero-order valence-corrected chi connectivity index (χ0v) is 17.2. The van der Waals surface area contributed by atoms with Crippen LogP contribution in [-0.2, 0) is 17.9 Å². The van der Waals surface area contributed by atoms with E-state index in [-0.39, 0.29) is 11.9 Å². The summed E-state index contributed by atoms with van der Waals surface area (Å²) in [5, 5.41) is 12.7. The maximum absolute atomic E-state index is 12.5. The summed E-state index contributed by atoms with van der Waals surface area (Å²) >= 11 is 0. The number of amides is 1. The number of benzene rings is 2. The van der Waals surface area contributed by atoms with Gasteiger partial charge in [-0.3, -0.25) is 4.79 Å². The lowest BCUT2D eigenvalue weighted by Crippen LogP contribution is -2.41. The highest BCUT2D eigenvalue weighted by Crippen LogP contribution is 2.26. The van der Waals surface area contributed by atoms with E-state index >= 15 is 0 Å². The number of carbonyl (C=O) groups is 1. The van der Waals surface area contributed by atoms with E-state index in [1.807, 2.05) is 27.0 Å². The van der Waals surface area contributed by atoms with Crippen LogP contribution in [0.5, 0.6) is 5.75 Å². The van der Waals surface area contributed by atoms with Gasteiger partial charge in [-0.2, -0.15) is 0 Å². The molecular formula is C23H30N2O3. The number of nitrogens with zero attached hydrogens (tertiary/aromatic N) is 1. The van der Waals surface area contributed by atoms with Gasteiger partial charge in [0.2, 0.25) is 5.91 Å². The number of rotatable bonds is 6. The molecule has 28 heavy (non-hydrogen) atoms. The van der Waals surface area contributed by atoms with Gasteiger partial charge in [0.1, 0.15) is 12.4 Å². The molecule has 0 spiro atoms. The second-order valence-corrected chi connectivity index (χ2v) is 7.88. The van der Waals surface area contributed by atoms with Crippen molar-refractivity contribution < 1.29 is 14.6 Å². The Bertz CT molecular complexity index is 826. The molecule has 1 aliphatic rings. The molecule has 1 fully saturated rings. The number of ether oxygens (including phenoxy) is 1. The minimum atomic E-state index is -0.434. The quantitative estimate of drug-likeness (QED) is 0.807. The fraction of sp³-hybridized carbons (Fsp3) is 0.435. The Morgan fingerprint density at radius 1 is 1.18 bits per heavy atom. The molecule has 0 radical (unpaired) electrons. The van der Waals surface area contributed by atoms with Gasteiger partial charge in [0.05, 0.1) is 12.1 Å². The normalized spacial score (nSPS) is 18.9. The van der Waals surface area contributed by atoms with Crippen LogP contribution in [0.4, 0.5) is 0 Å². The first-order valence-corrected chi connectivity index (χ1v) is 9.78. The Labute approximate surface area is 167 Å². The number of hydrogen-bond donors (Lipinski definition) is 2. The number of likely N-dealkylation sites (N-methyl/N-ethyl adjacent to an activating group) is 1. The number of nitrogens with one attached hydrogen (secondary N) is 1. The lowest BCUT2D eigenvalue weighted by atomic mass is 10.0. The summed E-state index contributed by atoms with van der Waals surface area (Å²) in [7, 11) is 1.81. The molecule has 0 saturated carbocycles. The van der Waals surface area contributed by atoms with Gasteiger partial charge in [-0.25, -0.2) is 0 Å². The second kappa shape index (κ2) is 8.76. The molecule has 2 aromatic carbocycles. The van der Waals surface area contributed by atoms with Gasteiger partial charge in [-0.05, 0) is 49.4 Å². The molecule has 2 atom stereocenters. The predicted molar refractivity (Wildman–Crippen MR) is 110 cm³/mol. The average molecular weight is 383 g/mol. The highest BCUT2D eigenvalue weighted by molar-refractivity contribution is 5.82. The van der Waals surface area contributed by atoms with Gasteiger partial charge in [0, 0.05) is 20.1 Å². The molecule has 0 bridgehead atoms. The average Bonchev–Trinajstić information content (AvgIpc) is 3.06. The first-order valence-electron chi connectivity index (χ1n) is 9.78. The van der Waals surface area contributed by atoms with Crippen molar-refractivity contribution in [2.24, 2.45) is 0 Å². The highest BCUT2D eigenvalue weighted by atomic mass is 16.5. The van der Waals surface area contributed by atoms with Crippen LogP contribution in [0.1, 0.15) is 34.2 Å². The molecule has 3 rings (SSSR count). The number of aliphatic hydroxyl groups excluding tert-OH is 1. The summed E-state index contributed by atoms with van der Waals surface area (Å²) in [5.74, 6) is 0.923. The number of carbonyl (C=O) groups excluding carboxylic acids is 1. The van der Waals surface area contributed by atoms with Gasteiger partial charge in [0.15, 0.2) is 0 Å². The van der Waals surface area contributed by atoms with E-state index in [2.05, 4.69) is 42.6 Å². The Morgan fingerprint density at radius 2 is 1.89 bits per heavy atom. The maximum atomic E-state index is 12.5. The van der Waals surface area contributed by atoms with E-state index in [9.17, 15) is 9.90 Å². The zero-order chi connectivity index (χ0) is 20.3. The molecule has 1 heterocycles. The first-order chi connectivity index (χ1) is 13.3. The third-order valence-corrected chi connectivity index (χ3v) is 5.19. The van der Waals surface area contributed by atoms with Gasteiger partial charge in [-0.1, -0.05) is 42.0 Å². The molecule has 5 heteroatoms. The van der Waals surface area contributed by atoms with Gasteiger partial charge in [0.25, 0.3) is 0 Å². The third-order valence-electron chi connectivity index (χ3n) is 5.19. The summed E-state index contributed by atoms with van der Waals surface area (Å²) in [4.78, 5) is 14.3. The van der Waals surface area contributed by atoms with E-state index < -0.39 is 6.10 Å². The van der Waals surface area contributed by atoms with E-state index in [4.69, 9.17) is 4.74 Å². The first kappa shape index (κ1) is 20.4. The predicted octanol–water partition coefficient (Wildman–Crippen LogP) is 2.87. The van der Waals surface area contributed by atoms with Crippen molar-refractivity contribution in [2.45, 2.75) is 52.5 Å². The summed E-state index contributed by atoms with van der Waals surface area (Å²) in [5.41, 5.74) is 5.59. The van der Waals surface area contributed by atoms with Crippen LogP contribution in [0, 0.1) is 20.8 Å². The fourth-order valence-electron chi connectivity index (χ4n) is 3.84. The van der Waals surface area contributed by atoms with E-state index in [1.54, 1.807) is 4.90 Å². The lowest BCUT2D eigenvalue weighted by Gasteiger charge is -2.22. The van der Waals surface area contributed by atoms with Crippen LogP contribution in [0.15, 0.2) is 36.4 Å². The van der Waals surface area contributed by atoms with E-state index in [1.165, 1.54) is 5.56 Å². The number of hydrogen-bond acceptors (Lipinski definition) is 4. The number of aliphatic hydroxyl groups is 1. The molecule has 0 aliphatic carbocycles. The summed E-state index contributed by atoms with van der Waals surface area (Å²) < 4.78 is 6.09. The fourth-order valence-corrected chi connectivity index (χ4v) is 3.84.